The highest BCUT2D eigenvalue weighted by Gasteiger charge is 2.33. The molecule has 1 aromatic rings. The molecular formula is C16H23F3N2O. The van der Waals surface area contributed by atoms with Gasteiger partial charge in [-0.05, 0) is 25.5 Å². The standard InChI is InChI=1S/C16H23F3N2O/c1-15(2,21-7-9-22-10-8-21)12-20-11-13-5-3-4-6-14(13)16(17,18)19/h3-6,20H,7-12H2,1-2H3. The number of nitrogens with zero attached hydrogens (tertiary/aromatic N) is 1. The Hall–Kier alpha value is -1.11. The third kappa shape index (κ3) is 4.44. The third-order valence-electron chi connectivity index (χ3n) is 4.06. The second kappa shape index (κ2) is 6.98. The average Bonchev–Trinajstić information content (AvgIpc) is 2.47. The lowest BCUT2D eigenvalue weighted by Crippen LogP contribution is -2.54. The van der Waals surface area contributed by atoms with Gasteiger partial charge in [0.2, 0.25) is 0 Å². The predicted molar refractivity (Wildman–Crippen MR) is 79.6 cm³/mol. The molecule has 124 valence electrons. The van der Waals surface area contributed by atoms with Crippen molar-refractivity contribution >= 4 is 0 Å². The Morgan fingerprint density at radius 3 is 2.41 bits per heavy atom. The number of halogens is 3. The number of hydrogen-bond acceptors (Lipinski definition) is 3. The first-order valence-electron chi connectivity index (χ1n) is 7.49. The lowest BCUT2D eigenvalue weighted by Gasteiger charge is -2.41. The third-order valence-corrected chi connectivity index (χ3v) is 4.06. The predicted octanol–water partition coefficient (Wildman–Crippen LogP) is 2.91. The first-order valence-corrected chi connectivity index (χ1v) is 7.49. The second-order valence-electron chi connectivity index (χ2n) is 6.17. The summed E-state index contributed by atoms with van der Waals surface area (Å²) in [5, 5.41) is 3.17. The molecule has 0 spiro atoms. The van der Waals surface area contributed by atoms with Crippen LogP contribution in [0.1, 0.15) is 25.0 Å². The van der Waals surface area contributed by atoms with Crippen molar-refractivity contribution < 1.29 is 17.9 Å². The maximum absolute atomic E-state index is 13.0. The number of morpholine rings is 1. The van der Waals surface area contributed by atoms with Gasteiger partial charge in [0.25, 0.3) is 0 Å². The molecule has 1 saturated heterocycles. The van der Waals surface area contributed by atoms with Crippen LogP contribution in [0, 0.1) is 0 Å². The fraction of sp³-hybridized carbons (Fsp3) is 0.625. The van der Waals surface area contributed by atoms with Gasteiger partial charge in [-0.2, -0.15) is 13.2 Å². The van der Waals surface area contributed by atoms with E-state index in [-0.39, 0.29) is 17.6 Å². The summed E-state index contributed by atoms with van der Waals surface area (Å²) < 4.78 is 44.2. The first-order chi connectivity index (χ1) is 10.3. The van der Waals surface area contributed by atoms with E-state index in [0.717, 1.165) is 19.2 Å². The summed E-state index contributed by atoms with van der Waals surface area (Å²) in [6, 6.07) is 5.71. The number of rotatable bonds is 5. The van der Waals surface area contributed by atoms with Crippen molar-refractivity contribution in [2.45, 2.75) is 32.1 Å². The van der Waals surface area contributed by atoms with Crippen LogP contribution in [0.2, 0.25) is 0 Å². The minimum atomic E-state index is -4.31. The van der Waals surface area contributed by atoms with Gasteiger partial charge >= 0.3 is 6.18 Å². The fourth-order valence-corrected chi connectivity index (χ4v) is 2.73. The molecule has 1 aliphatic rings. The SMILES string of the molecule is CC(C)(CNCc1ccccc1C(F)(F)F)N1CCOCC1. The van der Waals surface area contributed by atoms with E-state index in [4.69, 9.17) is 4.74 Å². The van der Waals surface area contributed by atoms with Gasteiger partial charge in [0.15, 0.2) is 0 Å². The Morgan fingerprint density at radius 1 is 1.14 bits per heavy atom. The molecular weight excluding hydrogens is 293 g/mol. The van der Waals surface area contributed by atoms with E-state index in [0.29, 0.717) is 19.8 Å². The molecule has 1 aromatic carbocycles. The summed E-state index contributed by atoms with van der Waals surface area (Å²) in [5.41, 5.74) is -0.392. The van der Waals surface area contributed by atoms with E-state index in [9.17, 15) is 13.2 Å². The van der Waals surface area contributed by atoms with Gasteiger partial charge < -0.3 is 10.1 Å². The molecule has 1 aliphatic heterocycles. The Balaban J connectivity index is 1.93. The molecule has 22 heavy (non-hydrogen) atoms. The first kappa shape index (κ1) is 17.2. The van der Waals surface area contributed by atoms with E-state index in [1.54, 1.807) is 6.07 Å². The van der Waals surface area contributed by atoms with Crippen molar-refractivity contribution in [3.05, 3.63) is 35.4 Å². The van der Waals surface area contributed by atoms with Crippen molar-refractivity contribution in [2.24, 2.45) is 0 Å². The van der Waals surface area contributed by atoms with Crippen LogP contribution in [0.25, 0.3) is 0 Å². The highest BCUT2D eigenvalue weighted by atomic mass is 19.4. The van der Waals surface area contributed by atoms with E-state index in [2.05, 4.69) is 24.1 Å². The minimum Gasteiger partial charge on any atom is -0.379 e. The molecule has 0 aromatic heterocycles. The maximum Gasteiger partial charge on any atom is 0.416 e. The average molecular weight is 316 g/mol. The van der Waals surface area contributed by atoms with E-state index >= 15 is 0 Å². The number of nitrogens with one attached hydrogen (secondary N) is 1. The van der Waals surface area contributed by atoms with Crippen LogP contribution in [-0.2, 0) is 17.5 Å². The summed E-state index contributed by atoms with van der Waals surface area (Å²) in [5.74, 6) is 0. The molecule has 0 atom stereocenters. The quantitative estimate of drug-likeness (QED) is 0.904. The molecule has 3 nitrogen and oxygen atoms in total. The van der Waals surface area contributed by atoms with E-state index < -0.39 is 11.7 Å². The molecule has 6 heteroatoms. The summed E-state index contributed by atoms with van der Waals surface area (Å²) in [4.78, 5) is 2.30. The molecule has 0 amide bonds. The largest absolute Gasteiger partial charge is 0.416 e. The van der Waals surface area contributed by atoms with Gasteiger partial charge in [-0.25, -0.2) is 0 Å². The number of ether oxygens (including phenoxy) is 1. The summed E-state index contributed by atoms with van der Waals surface area (Å²) in [6.07, 6.45) is -4.31. The number of alkyl halides is 3. The van der Waals surface area contributed by atoms with Crippen LogP contribution < -0.4 is 5.32 Å². The van der Waals surface area contributed by atoms with Crippen LogP contribution in [-0.4, -0.2) is 43.3 Å². The molecule has 0 aliphatic carbocycles. The van der Waals surface area contributed by atoms with E-state index in [1.165, 1.54) is 12.1 Å². The van der Waals surface area contributed by atoms with Crippen molar-refractivity contribution in [1.82, 2.24) is 10.2 Å². The minimum absolute atomic E-state index is 0.114. The van der Waals surface area contributed by atoms with Gasteiger partial charge in [-0.3, -0.25) is 4.90 Å². The zero-order chi connectivity index (χ0) is 16.2. The summed E-state index contributed by atoms with van der Waals surface area (Å²) in [6.45, 7) is 8.16. The van der Waals surface area contributed by atoms with Crippen LogP contribution in [0.5, 0.6) is 0 Å². The molecule has 0 unspecified atom stereocenters. The maximum atomic E-state index is 13.0. The lowest BCUT2D eigenvalue weighted by atomic mass is 10.0. The van der Waals surface area contributed by atoms with Gasteiger partial charge in [0.1, 0.15) is 0 Å². The van der Waals surface area contributed by atoms with E-state index in [1.807, 2.05) is 0 Å². The highest BCUT2D eigenvalue weighted by Crippen LogP contribution is 2.31. The normalized spacial score (nSPS) is 17.7. The van der Waals surface area contributed by atoms with Gasteiger partial charge in [0.05, 0.1) is 18.8 Å². The molecule has 1 N–H and O–H groups in total. The molecule has 1 heterocycles. The number of benzene rings is 1. The highest BCUT2D eigenvalue weighted by molar-refractivity contribution is 5.29. The fourth-order valence-electron chi connectivity index (χ4n) is 2.73. The van der Waals surface area contributed by atoms with Crippen molar-refractivity contribution in [1.29, 1.82) is 0 Å². The topological polar surface area (TPSA) is 24.5 Å². The smallest absolute Gasteiger partial charge is 0.379 e. The molecule has 0 saturated carbocycles. The van der Waals surface area contributed by atoms with Crippen LogP contribution in [0.3, 0.4) is 0 Å². The zero-order valence-electron chi connectivity index (χ0n) is 13.0. The lowest BCUT2D eigenvalue weighted by molar-refractivity contribution is -0.138. The zero-order valence-corrected chi connectivity index (χ0v) is 13.0. The summed E-state index contributed by atoms with van der Waals surface area (Å²) >= 11 is 0. The monoisotopic (exact) mass is 316 g/mol. The summed E-state index contributed by atoms with van der Waals surface area (Å²) in [7, 11) is 0. The van der Waals surface area contributed by atoms with Gasteiger partial charge in [0, 0.05) is 31.7 Å². The van der Waals surface area contributed by atoms with Crippen LogP contribution in [0.15, 0.2) is 24.3 Å². The van der Waals surface area contributed by atoms with Gasteiger partial charge in [-0.1, -0.05) is 18.2 Å². The number of hydrogen-bond donors (Lipinski definition) is 1. The van der Waals surface area contributed by atoms with Crippen LogP contribution >= 0.6 is 0 Å². The Morgan fingerprint density at radius 2 is 1.77 bits per heavy atom. The van der Waals surface area contributed by atoms with Crippen molar-refractivity contribution in [2.75, 3.05) is 32.8 Å². The Bertz CT molecular complexity index is 483. The Labute approximate surface area is 129 Å². The second-order valence-corrected chi connectivity index (χ2v) is 6.17. The molecule has 0 radical (unpaired) electrons. The molecule has 1 fully saturated rings. The molecule has 0 bridgehead atoms. The van der Waals surface area contributed by atoms with Crippen molar-refractivity contribution in [3.8, 4) is 0 Å². The van der Waals surface area contributed by atoms with Crippen LogP contribution in [0.4, 0.5) is 13.2 Å². The van der Waals surface area contributed by atoms with Gasteiger partial charge in [-0.15, -0.1) is 0 Å². The Kier molecular flexibility index (Phi) is 5.47. The molecule has 2 rings (SSSR count). The van der Waals surface area contributed by atoms with Crippen molar-refractivity contribution in [3.63, 3.8) is 0 Å².